The summed E-state index contributed by atoms with van der Waals surface area (Å²) in [4.78, 5) is 4.12. The van der Waals surface area contributed by atoms with Crippen LogP contribution in [0.3, 0.4) is 0 Å². The smallest absolute Gasteiger partial charge is 0.130 e. The van der Waals surface area contributed by atoms with Crippen molar-refractivity contribution in [2.45, 2.75) is 27.0 Å². The molecule has 0 saturated carbocycles. The lowest BCUT2D eigenvalue weighted by Crippen LogP contribution is -2.04. The van der Waals surface area contributed by atoms with Crippen molar-refractivity contribution in [3.8, 4) is 5.75 Å². The van der Waals surface area contributed by atoms with Crippen molar-refractivity contribution >= 4 is 15.9 Å². The number of hydrogen-bond donors (Lipinski definition) is 0. The fourth-order valence-corrected chi connectivity index (χ4v) is 2.16. The summed E-state index contributed by atoms with van der Waals surface area (Å²) in [6, 6.07) is 6.01. The first-order valence-electron chi connectivity index (χ1n) is 5.58. The van der Waals surface area contributed by atoms with Crippen molar-refractivity contribution in [3.05, 3.63) is 46.5 Å². The first-order valence-corrected chi connectivity index (χ1v) is 6.38. The Hall–Kier alpha value is -1.29. The molecule has 90 valence electrons. The van der Waals surface area contributed by atoms with Crippen LogP contribution in [0, 0.1) is 6.92 Å². The Labute approximate surface area is 110 Å². The molecule has 0 atom stereocenters. The highest BCUT2D eigenvalue weighted by Gasteiger charge is 2.04. The summed E-state index contributed by atoms with van der Waals surface area (Å²) in [6.07, 6.45) is 3.67. The Bertz CT molecular complexity index is 508. The number of nitrogens with zero attached hydrogens (tertiary/aromatic N) is 2. The third-order valence-electron chi connectivity index (χ3n) is 2.65. The average molecular weight is 295 g/mol. The van der Waals surface area contributed by atoms with Crippen LogP contribution < -0.4 is 4.74 Å². The van der Waals surface area contributed by atoms with Gasteiger partial charge in [-0.1, -0.05) is 15.9 Å². The second-order valence-corrected chi connectivity index (χ2v) is 4.79. The van der Waals surface area contributed by atoms with E-state index in [1.807, 2.05) is 37.6 Å². The van der Waals surface area contributed by atoms with E-state index in [2.05, 4.69) is 32.4 Å². The molecule has 0 amide bonds. The van der Waals surface area contributed by atoms with E-state index in [1.165, 1.54) is 0 Å². The topological polar surface area (TPSA) is 27.1 Å². The fraction of sp³-hybridized carbons (Fsp3) is 0.308. The van der Waals surface area contributed by atoms with Gasteiger partial charge in [-0.3, -0.25) is 0 Å². The van der Waals surface area contributed by atoms with Gasteiger partial charge in [0.1, 0.15) is 12.4 Å². The van der Waals surface area contributed by atoms with Gasteiger partial charge in [-0.2, -0.15) is 0 Å². The SMILES string of the molecule is CCn1cncc1COc1ccc(Br)cc1C. The molecule has 4 heteroatoms. The molecule has 0 unspecified atom stereocenters. The molecule has 1 aromatic carbocycles. The number of halogens is 1. The van der Waals surface area contributed by atoms with E-state index in [9.17, 15) is 0 Å². The van der Waals surface area contributed by atoms with E-state index in [0.717, 1.165) is 28.0 Å². The molecule has 2 rings (SSSR count). The summed E-state index contributed by atoms with van der Waals surface area (Å²) in [5.74, 6) is 0.914. The number of benzene rings is 1. The number of rotatable bonds is 4. The summed E-state index contributed by atoms with van der Waals surface area (Å²) < 4.78 is 8.94. The molecule has 0 saturated heterocycles. The predicted octanol–water partition coefficient (Wildman–Crippen LogP) is 3.55. The molecule has 0 aliphatic heterocycles. The highest BCUT2D eigenvalue weighted by molar-refractivity contribution is 9.10. The summed E-state index contributed by atoms with van der Waals surface area (Å²) in [6.45, 7) is 5.60. The Morgan fingerprint density at radius 1 is 1.41 bits per heavy atom. The highest BCUT2D eigenvalue weighted by atomic mass is 79.9. The average Bonchev–Trinajstić information content (AvgIpc) is 2.75. The first-order chi connectivity index (χ1) is 8.20. The van der Waals surface area contributed by atoms with Crippen LogP contribution in [0.4, 0.5) is 0 Å². The molecule has 3 nitrogen and oxygen atoms in total. The van der Waals surface area contributed by atoms with Gasteiger partial charge in [0.25, 0.3) is 0 Å². The second-order valence-electron chi connectivity index (χ2n) is 3.87. The number of aromatic nitrogens is 2. The van der Waals surface area contributed by atoms with Crippen molar-refractivity contribution in [3.63, 3.8) is 0 Å². The molecular weight excluding hydrogens is 280 g/mol. The largest absolute Gasteiger partial charge is 0.487 e. The minimum Gasteiger partial charge on any atom is -0.487 e. The zero-order valence-corrected chi connectivity index (χ0v) is 11.6. The first kappa shape index (κ1) is 12.2. The minimum absolute atomic E-state index is 0.552. The Balaban J connectivity index is 2.07. The van der Waals surface area contributed by atoms with E-state index in [0.29, 0.717) is 6.61 Å². The van der Waals surface area contributed by atoms with Crippen LogP contribution in [0.2, 0.25) is 0 Å². The van der Waals surface area contributed by atoms with Gasteiger partial charge in [0.2, 0.25) is 0 Å². The molecule has 0 aliphatic rings. The van der Waals surface area contributed by atoms with Crippen LogP contribution in [0.25, 0.3) is 0 Å². The van der Waals surface area contributed by atoms with Crippen LogP contribution in [-0.2, 0) is 13.2 Å². The van der Waals surface area contributed by atoms with Gasteiger partial charge < -0.3 is 9.30 Å². The van der Waals surface area contributed by atoms with E-state index in [-0.39, 0.29) is 0 Å². The molecule has 2 aromatic rings. The highest BCUT2D eigenvalue weighted by Crippen LogP contribution is 2.22. The van der Waals surface area contributed by atoms with Gasteiger partial charge in [0, 0.05) is 11.0 Å². The van der Waals surface area contributed by atoms with Gasteiger partial charge in [-0.05, 0) is 37.6 Å². The Kier molecular flexibility index (Phi) is 3.84. The van der Waals surface area contributed by atoms with Gasteiger partial charge >= 0.3 is 0 Å². The molecule has 0 spiro atoms. The summed E-state index contributed by atoms with van der Waals surface area (Å²) >= 11 is 3.44. The third kappa shape index (κ3) is 2.88. The van der Waals surface area contributed by atoms with Crippen LogP contribution in [0.15, 0.2) is 35.2 Å². The molecule has 17 heavy (non-hydrogen) atoms. The maximum atomic E-state index is 5.80. The lowest BCUT2D eigenvalue weighted by atomic mass is 10.2. The van der Waals surface area contributed by atoms with Gasteiger partial charge in [0.15, 0.2) is 0 Å². The number of ether oxygens (including phenoxy) is 1. The second kappa shape index (κ2) is 5.36. The predicted molar refractivity (Wildman–Crippen MR) is 71.1 cm³/mol. The normalized spacial score (nSPS) is 10.5. The molecule has 0 N–H and O–H groups in total. The van der Waals surface area contributed by atoms with Gasteiger partial charge in [-0.15, -0.1) is 0 Å². The summed E-state index contributed by atoms with van der Waals surface area (Å²) in [5, 5.41) is 0. The zero-order valence-electron chi connectivity index (χ0n) is 9.98. The van der Waals surface area contributed by atoms with E-state index in [4.69, 9.17) is 4.74 Å². The standard InChI is InChI=1S/C13H15BrN2O/c1-3-16-9-15-7-12(16)8-17-13-5-4-11(14)6-10(13)2/h4-7,9H,3,8H2,1-2H3. The van der Waals surface area contributed by atoms with E-state index in [1.54, 1.807) is 0 Å². The molecular formula is C13H15BrN2O. The maximum absolute atomic E-state index is 5.80. The molecule has 0 fully saturated rings. The molecule has 0 bridgehead atoms. The third-order valence-corrected chi connectivity index (χ3v) is 3.14. The monoisotopic (exact) mass is 294 g/mol. The van der Waals surface area contributed by atoms with Crippen LogP contribution in [-0.4, -0.2) is 9.55 Å². The zero-order chi connectivity index (χ0) is 12.3. The van der Waals surface area contributed by atoms with Gasteiger partial charge in [-0.25, -0.2) is 4.98 Å². The fourth-order valence-electron chi connectivity index (χ4n) is 1.68. The van der Waals surface area contributed by atoms with Crippen molar-refractivity contribution in [2.24, 2.45) is 0 Å². The quantitative estimate of drug-likeness (QED) is 0.862. The lowest BCUT2D eigenvalue weighted by Gasteiger charge is -2.10. The minimum atomic E-state index is 0.552. The lowest BCUT2D eigenvalue weighted by molar-refractivity contribution is 0.293. The molecule has 1 heterocycles. The van der Waals surface area contributed by atoms with Gasteiger partial charge in [0.05, 0.1) is 18.2 Å². The summed E-state index contributed by atoms with van der Waals surface area (Å²) in [5.41, 5.74) is 2.22. The summed E-state index contributed by atoms with van der Waals surface area (Å²) in [7, 11) is 0. The van der Waals surface area contributed by atoms with Crippen LogP contribution >= 0.6 is 15.9 Å². The van der Waals surface area contributed by atoms with Crippen molar-refractivity contribution in [2.75, 3.05) is 0 Å². The van der Waals surface area contributed by atoms with Crippen molar-refractivity contribution in [1.82, 2.24) is 9.55 Å². The number of aryl methyl sites for hydroxylation is 2. The van der Waals surface area contributed by atoms with E-state index >= 15 is 0 Å². The Morgan fingerprint density at radius 2 is 2.24 bits per heavy atom. The van der Waals surface area contributed by atoms with Crippen LogP contribution in [0.1, 0.15) is 18.2 Å². The number of hydrogen-bond acceptors (Lipinski definition) is 2. The molecule has 0 radical (unpaired) electrons. The Morgan fingerprint density at radius 3 is 2.94 bits per heavy atom. The molecule has 1 aromatic heterocycles. The molecule has 0 aliphatic carbocycles. The maximum Gasteiger partial charge on any atom is 0.130 e. The van der Waals surface area contributed by atoms with E-state index < -0.39 is 0 Å². The number of imidazole rings is 1. The van der Waals surface area contributed by atoms with Crippen molar-refractivity contribution in [1.29, 1.82) is 0 Å². The van der Waals surface area contributed by atoms with Crippen LogP contribution in [0.5, 0.6) is 5.75 Å². The van der Waals surface area contributed by atoms with Crippen molar-refractivity contribution < 1.29 is 4.74 Å².